The molecule has 148 valence electrons. The maximum atomic E-state index is 13.6. The van der Waals surface area contributed by atoms with Crippen molar-refractivity contribution in [2.75, 3.05) is 5.32 Å². The molecule has 0 bridgehead atoms. The molecule has 1 N–H and O–H groups in total. The van der Waals surface area contributed by atoms with Gasteiger partial charge >= 0.3 is 5.97 Å². The van der Waals surface area contributed by atoms with Crippen LogP contribution in [0.25, 0.3) is 0 Å². The number of Topliss-reactive ketones (excluding diaryl/α,β-unsaturated/α-hetero) is 1. The minimum absolute atomic E-state index is 0.0444. The minimum Gasteiger partial charge on any atom is -0.451 e. The summed E-state index contributed by atoms with van der Waals surface area (Å²) in [6.07, 6.45) is -1.04. The van der Waals surface area contributed by atoms with Gasteiger partial charge in [-0.15, -0.1) is 0 Å². The van der Waals surface area contributed by atoms with Gasteiger partial charge in [-0.05, 0) is 55.8 Å². The van der Waals surface area contributed by atoms with E-state index in [4.69, 9.17) is 4.74 Å². The Kier molecular flexibility index (Phi) is 6.33. The molecule has 0 unspecified atom stereocenters. The molecule has 6 heteroatoms. The van der Waals surface area contributed by atoms with E-state index in [-0.39, 0.29) is 11.5 Å². The number of rotatable bonds is 5. The van der Waals surface area contributed by atoms with Crippen LogP contribution in [0, 0.1) is 18.2 Å². The molecule has 0 saturated carbocycles. The molecule has 2 aromatic rings. The van der Waals surface area contributed by atoms with Gasteiger partial charge in [0.15, 0.2) is 6.10 Å². The lowest BCUT2D eigenvalue weighted by Gasteiger charge is -2.18. The fourth-order valence-corrected chi connectivity index (χ4v) is 2.27. The van der Waals surface area contributed by atoms with Gasteiger partial charge in [0, 0.05) is 16.7 Å². The largest absolute Gasteiger partial charge is 0.451 e. The standard InChI is InChI=1S/C22H24FNO4/c1-13-6-7-16(12-18(13)23)20(26)28-14(2)19(25)15-8-10-17(11-9-15)24-21(27)22(3,4)5/h6-12,14H,1-5H3,(H,24,27)/t14-/m0/s1. The first kappa shape index (κ1) is 21.3. The fraction of sp³-hybridized carbons (Fsp3) is 0.318. The van der Waals surface area contributed by atoms with E-state index in [0.717, 1.165) is 6.07 Å². The van der Waals surface area contributed by atoms with E-state index in [1.165, 1.54) is 19.1 Å². The van der Waals surface area contributed by atoms with Gasteiger partial charge in [-0.1, -0.05) is 26.8 Å². The summed E-state index contributed by atoms with van der Waals surface area (Å²) in [4.78, 5) is 36.6. The summed E-state index contributed by atoms with van der Waals surface area (Å²) in [6, 6.07) is 10.3. The number of esters is 1. The molecular weight excluding hydrogens is 361 g/mol. The van der Waals surface area contributed by atoms with E-state index in [1.54, 1.807) is 52.0 Å². The third kappa shape index (κ3) is 5.25. The molecule has 0 aliphatic heterocycles. The number of carbonyl (C=O) groups is 3. The number of benzene rings is 2. The van der Waals surface area contributed by atoms with Gasteiger partial charge in [0.25, 0.3) is 0 Å². The lowest BCUT2D eigenvalue weighted by Crippen LogP contribution is -2.27. The molecule has 5 nitrogen and oxygen atoms in total. The Morgan fingerprint density at radius 1 is 1.00 bits per heavy atom. The Bertz CT molecular complexity index is 898. The number of halogens is 1. The van der Waals surface area contributed by atoms with Crippen LogP contribution in [0.5, 0.6) is 0 Å². The second-order valence-corrected chi connectivity index (χ2v) is 7.66. The Morgan fingerprint density at radius 2 is 1.57 bits per heavy atom. The molecule has 0 radical (unpaired) electrons. The average Bonchev–Trinajstić information content (AvgIpc) is 2.63. The van der Waals surface area contributed by atoms with Crippen molar-refractivity contribution in [1.29, 1.82) is 0 Å². The van der Waals surface area contributed by atoms with Crippen LogP contribution >= 0.6 is 0 Å². The molecule has 0 aliphatic carbocycles. The van der Waals surface area contributed by atoms with E-state index in [0.29, 0.717) is 16.8 Å². The lowest BCUT2D eigenvalue weighted by molar-refractivity contribution is -0.123. The summed E-state index contributed by atoms with van der Waals surface area (Å²) in [6.45, 7) is 8.45. The van der Waals surface area contributed by atoms with Crippen molar-refractivity contribution < 1.29 is 23.5 Å². The van der Waals surface area contributed by atoms with Crippen molar-refractivity contribution in [3.05, 3.63) is 65.0 Å². The van der Waals surface area contributed by atoms with E-state index in [9.17, 15) is 18.8 Å². The number of hydrogen-bond donors (Lipinski definition) is 1. The van der Waals surface area contributed by atoms with Crippen LogP contribution in [-0.4, -0.2) is 23.8 Å². The monoisotopic (exact) mass is 385 g/mol. The summed E-state index contributed by atoms with van der Waals surface area (Å²) < 4.78 is 18.8. The van der Waals surface area contributed by atoms with E-state index < -0.39 is 29.1 Å². The predicted octanol–water partition coefficient (Wildman–Crippen LogP) is 4.55. The maximum absolute atomic E-state index is 13.6. The minimum atomic E-state index is -1.04. The number of ketones is 1. The number of anilines is 1. The summed E-state index contributed by atoms with van der Waals surface area (Å²) in [7, 11) is 0. The summed E-state index contributed by atoms with van der Waals surface area (Å²) in [5.74, 6) is -1.82. The quantitative estimate of drug-likeness (QED) is 0.605. The third-order valence-corrected chi connectivity index (χ3v) is 4.17. The summed E-state index contributed by atoms with van der Waals surface area (Å²) in [5.41, 5.74) is 0.829. The first-order valence-electron chi connectivity index (χ1n) is 8.92. The number of amides is 1. The summed E-state index contributed by atoms with van der Waals surface area (Å²) >= 11 is 0. The van der Waals surface area contributed by atoms with Crippen molar-refractivity contribution >= 4 is 23.3 Å². The Labute approximate surface area is 163 Å². The van der Waals surface area contributed by atoms with E-state index >= 15 is 0 Å². The highest BCUT2D eigenvalue weighted by Crippen LogP contribution is 2.19. The van der Waals surface area contributed by atoms with Crippen molar-refractivity contribution in [3.63, 3.8) is 0 Å². The zero-order chi connectivity index (χ0) is 21.1. The number of hydrogen-bond acceptors (Lipinski definition) is 4. The van der Waals surface area contributed by atoms with Crippen LogP contribution in [0.4, 0.5) is 10.1 Å². The SMILES string of the molecule is Cc1ccc(C(=O)O[C@@H](C)C(=O)c2ccc(NC(=O)C(C)(C)C)cc2)cc1F. The first-order valence-corrected chi connectivity index (χ1v) is 8.92. The molecule has 0 spiro atoms. The Hall–Kier alpha value is -3.02. The highest BCUT2D eigenvalue weighted by atomic mass is 19.1. The van der Waals surface area contributed by atoms with E-state index in [1.807, 2.05) is 0 Å². The van der Waals surface area contributed by atoms with Crippen LogP contribution in [0.2, 0.25) is 0 Å². The number of ether oxygens (including phenoxy) is 1. The lowest BCUT2D eigenvalue weighted by atomic mass is 9.95. The normalized spacial score (nSPS) is 12.2. The zero-order valence-corrected chi connectivity index (χ0v) is 16.6. The van der Waals surface area contributed by atoms with Crippen molar-refractivity contribution in [1.82, 2.24) is 0 Å². The van der Waals surface area contributed by atoms with Gasteiger partial charge in [0.05, 0.1) is 5.56 Å². The van der Waals surface area contributed by atoms with Gasteiger partial charge in [-0.3, -0.25) is 9.59 Å². The van der Waals surface area contributed by atoms with Crippen LogP contribution in [0.1, 0.15) is 54.0 Å². The van der Waals surface area contributed by atoms with Crippen molar-refractivity contribution in [2.45, 2.75) is 40.7 Å². The van der Waals surface area contributed by atoms with Crippen LogP contribution in [0.15, 0.2) is 42.5 Å². The molecule has 0 heterocycles. The smallest absolute Gasteiger partial charge is 0.338 e. The second kappa shape index (κ2) is 8.33. The van der Waals surface area contributed by atoms with Crippen molar-refractivity contribution in [2.24, 2.45) is 5.41 Å². The van der Waals surface area contributed by atoms with E-state index in [2.05, 4.69) is 5.32 Å². The molecule has 1 amide bonds. The number of aryl methyl sites for hydroxylation is 1. The van der Waals surface area contributed by atoms with Gasteiger partial charge in [0.2, 0.25) is 11.7 Å². The molecule has 0 fully saturated rings. The topological polar surface area (TPSA) is 72.5 Å². The van der Waals surface area contributed by atoms with Crippen LogP contribution < -0.4 is 5.32 Å². The summed E-state index contributed by atoms with van der Waals surface area (Å²) in [5, 5.41) is 2.77. The highest BCUT2D eigenvalue weighted by Gasteiger charge is 2.23. The Morgan fingerprint density at radius 3 is 2.11 bits per heavy atom. The molecule has 0 aromatic heterocycles. The average molecular weight is 385 g/mol. The molecule has 2 aromatic carbocycles. The predicted molar refractivity (Wildman–Crippen MR) is 105 cm³/mol. The van der Waals surface area contributed by atoms with Crippen LogP contribution in [0.3, 0.4) is 0 Å². The first-order chi connectivity index (χ1) is 13.0. The zero-order valence-electron chi connectivity index (χ0n) is 16.6. The molecule has 1 atom stereocenters. The molecular formula is C22H24FNO4. The number of nitrogens with one attached hydrogen (secondary N) is 1. The van der Waals surface area contributed by atoms with Gasteiger partial charge in [-0.25, -0.2) is 9.18 Å². The third-order valence-electron chi connectivity index (χ3n) is 4.17. The van der Waals surface area contributed by atoms with Gasteiger partial charge in [-0.2, -0.15) is 0 Å². The van der Waals surface area contributed by atoms with Crippen LogP contribution in [-0.2, 0) is 9.53 Å². The molecule has 0 aliphatic rings. The molecule has 2 rings (SSSR count). The van der Waals surface area contributed by atoms with Gasteiger partial charge < -0.3 is 10.1 Å². The van der Waals surface area contributed by atoms with Crippen molar-refractivity contribution in [3.8, 4) is 0 Å². The Balaban J connectivity index is 2.03. The maximum Gasteiger partial charge on any atom is 0.338 e. The number of carbonyl (C=O) groups excluding carboxylic acids is 3. The fourth-order valence-electron chi connectivity index (χ4n) is 2.27. The van der Waals surface area contributed by atoms with Gasteiger partial charge in [0.1, 0.15) is 5.82 Å². The molecule has 0 saturated heterocycles. The second-order valence-electron chi connectivity index (χ2n) is 7.66. The molecule has 28 heavy (non-hydrogen) atoms. The highest BCUT2D eigenvalue weighted by molar-refractivity contribution is 6.02.